The van der Waals surface area contributed by atoms with E-state index in [2.05, 4.69) is 0 Å². The highest BCUT2D eigenvalue weighted by atomic mass is 32.1. The first kappa shape index (κ1) is 29.8. The smallest absolute Gasteiger partial charge is 0.310 e. The van der Waals surface area contributed by atoms with Gasteiger partial charge in [-0.05, 0) is 52.4 Å². The van der Waals surface area contributed by atoms with Crippen LogP contribution in [-0.2, 0) is 28.5 Å². The topological polar surface area (TPSA) is 161 Å². The minimum Gasteiger partial charge on any atom is -0.502 e. The fourth-order valence-corrected chi connectivity index (χ4v) is 7.89. The fourth-order valence-electron chi connectivity index (χ4n) is 7.18. The first-order chi connectivity index (χ1) is 22.4. The molecule has 14 heteroatoms. The summed E-state index contributed by atoms with van der Waals surface area (Å²) in [6, 6.07) is 10.7. The van der Waals surface area contributed by atoms with Gasteiger partial charge in [-0.25, -0.2) is 0 Å². The zero-order chi connectivity index (χ0) is 31.7. The number of rotatable bonds is 6. The third kappa shape index (κ3) is 4.70. The molecule has 0 saturated carbocycles. The van der Waals surface area contributed by atoms with Crippen LogP contribution in [0, 0.1) is 11.8 Å². The fraction of sp³-hybridized carbons (Fsp3) is 0.469. The van der Waals surface area contributed by atoms with Gasteiger partial charge in [0.15, 0.2) is 35.6 Å². The van der Waals surface area contributed by atoms with E-state index in [1.54, 1.807) is 18.2 Å². The van der Waals surface area contributed by atoms with Crippen molar-refractivity contribution in [1.82, 2.24) is 0 Å². The molecule has 0 amide bonds. The predicted octanol–water partition coefficient (Wildman–Crippen LogP) is 2.75. The highest BCUT2D eigenvalue weighted by molar-refractivity contribution is 7.10. The summed E-state index contributed by atoms with van der Waals surface area (Å²) in [6.07, 6.45) is -7.16. The number of aliphatic hydroxyl groups excluding tert-OH is 2. The van der Waals surface area contributed by atoms with Crippen molar-refractivity contribution in [3.8, 4) is 28.7 Å². The van der Waals surface area contributed by atoms with E-state index in [0.29, 0.717) is 28.2 Å². The Morgan fingerprint density at radius 3 is 2.35 bits per heavy atom. The monoisotopic (exact) mass is 656 g/mol. The second-order valence-corrected chi connectivity index (χ2v) is 12.7. The Morgan fingerprint density at radius 2 is 1.65 bits per heavy atom. The van der Waals surface area contributed by atoms with Gasteiger partial charge in [-0.1, -0.05) is 6.07 Å². The number of esters is 1. The molecule has 5 heterocycles. The summed E-state index contributed by atoms with van der Waals surface area (Å²) in [5, 5.41) is 35.0. The summed E-state index contributed by atoms with van der Waals surface area (Å²) >= 11 is 1.46. The van der Waals surface area contributed by atoms with Crippen LogP contribution < -0.4 is 18.9 Å². The van der Waals surface area contributed by atoms with E-state index in [1.165, 1.54) is 25.6 Å². The van der Waals surface area contributed by atoms with Gasteiger partial charge in [-0.2, -0.15) is 0 Å². The van der Waals surface area contributed by atoms with E-state index in [9.17, 15) is 20.1 Å². The van der Waals surface area contributed by atoms with Crippen molar-refractivity contribution in [2.75, 3.05) is 34.2 Å². The van der Waals surface area contributed by atoms with Crippen LogP contribution >= 0.6 is 11.3 Å². The molecule has 3 aromatic rings. The molecule has 10 atom stereocenters. The minimum atomic E-state index is -1.47. The van der Waals surface area contributed by atoms with Gasteiger partial charge in [0.1, 0.15) is 24.4 Å². The average Bonchev–Trinajstić information content (AvgIpc) is 3.85. The number of carbonyl (C=O) groups is 1. The molecule has 3 fully saturated rings. The van der Waals surface area contributed by atoms with Gasteiger partial charge >= 0.3 is 5.97 Å². The lowest BCUT2D eigenvalue weighted by molar-refractivity contribution is -0.368. The SMILES string of the molecule is COc1cc([C@H]2c3cc4c(cc3C(OC3OC5COC(c6cccs6)OC5C(O)C3O)[C@H]3COC(=O)[C@@H]23)OCO4)cc(OC)c1O. The Kier molecular flexibility index (Phi) is 7.48. The maximum Gasteiger partial charge on any atom is 0.310 e. The van der Waals surface area contributed by atoms with Gasteiger partial charge in [0.2, 0.25) is 12.5 Å². The van der Waals surface area contributed by atoms with Crippen molar-refractivity contribution < 1.29 is 62.7 Å². The summed E-state index contributed by atoms with van der Waals surface area (Å²) < 4.78 is 52.6. The standard InChI is InChI=1S/C32H32O13S/c1-37-19-6-13(7-20(38-2)25(19)33)23-14-8-17-18(42-12-41-17)9-15(14)28(16-10-39-30(36)24(16)23)44-32-27(35)26(34)29-21(43-32)11-40-31(45-29)22-4-3-5-46-22/h3-9,16,21,23-24,26-29,31-35H,10-12H2,1-2H3/t16-,21?,23-,24+,26?,27?,28?,29?,31?,32?/m0/s1. The lowest BCUT2D eigenvalue weighted by Gasteiger charge is -2.48. The van der Waals surface area contributed by atoms with E-state index in [4.69, 9.17) is 42.6 Å². The number of cyclic esters (lactones) is 1. The minimum absolute atomic E-state index is 0.0242. The number of phenolic OH excluding ortho intramolecular Hbond substituents is 1. The van der Waals surface area contributed by atoms with Gasteiger partial charge in [0.25, 0.3) is 0 Å². The summed E-state index contributed by atoms with van der Waals surface area (Å²) in [4.78, 5) is 14.3. The molecule has 5 aliphatic rings. The molecule has 46 heavy (non-hydrogen) atoms. The zero-order valence-corrected chi connectivity index (χ0v) is 25.6. The molecule has 7 unspecified atom stereocenters. The number of aromatic hydroxyl groups is 1. The number of hydrogen-bond donors (Lipinski definition) is 3. The number of aliphatic hydroxyl groups is 2. The second kappa shape index (κ2) is 11.6. The Hall–Kier alpha value is -3.63. The van der Waals surface area contributed by atoms with Crippen LogP contribution in [-0.4, -0.2) is 86.2 Å². The number of hydrogen-bond acceptors (Lipinski definition) is 14. The Morgan fingerprint density at radius 1 is 0.913 bits per heavy atom. The van der Waals surface area contributed by atoms with Crippen molar-refractivity contribution in [2.24, 2.45) is 11.8 Å². The zero-order valence-electron chi connectivity index (χ0n) is 24.8. The number of ether oxygens (including phenoxy) is 9. The lowest BCUT2D eigenvalue weighted by atomic mass is 9.66. The molecule has 3 saturated heterocycles. The summed E-state index contributed by atoms with van der Waals surface area (Å²) in [5.74, 6) is -1.08. The molecular weight excluding hydrogens is 624 g/mol. The number of carbonyl (C=O) groups excluding carboxylic acids is 1. The van der Waals surface area contributed by atoms with Crippen molar-refractivity contribution >= 4 is 17.3 Å². The second-order valence-electron chi connectivity index (χ2n) is 11.8. The van der Waals surface area contributed by atoms with Crippen LogP contribution in [0.15, 0.2) is 41.8 Å². The van der Waals surface area contributed by atoms with Crippen LogP contribution in [0.25, 0.3) is 0 Å². The Bertz CT molecular complexity index is 1600. The molecule has 4 aliphatic heterocycles. The molecule has 1 aromatic heterocycles. The van der Waals surface area contributed by atoms with E-state index in [1.807, 2.05) is 23.6 Å². The number of phenols is 1. The highest BCUT2D eigenvalue weighted by Gasteiger charge is 2.56. The van der Waals surface area contributed by atoms with Crippen molar-refractivity contribution in [2.45, 2.75) is 49.0 Å². The third-order valence-electron chi connectivity index (χ3n) is 9.37. The van der Waals surface area contributed by atoms with E-state index in [0.717, 1.165) is 4.88 Å². The molecule has 3 N–H and O–H groups in total. The van der Waals surface area contributed by atoms with Crippen molar-refractivity contribution in [3.63, 3.8) is 0 Å². The highest BCUT2D eigenvalue weighted by Crippen LogP contribution is 2.57. The molecular formula is C32H32O13S. The third-order valence-corrected chi connectivity index (χ3v) is 10.3. The van der Waals surface area contributed by atoms with E-state index < -0.39 is 66.8 Å². The van der Waals surface area contributed by atoms with Gasteiger partial charge in [-0.3, -0.25) is 4.79 Å². The normalized spacial score (nSPS) is 34.3. The predicted molar refractivity (Wildman–Crippen MR) is 156 cm³/mol. The number of benzene rings is 2. The van der Waals surface area contributed by atoms with Crippen LogP contribution in [0.3, 0.4) is 0 Å². The Balaban J connectivity index is 1.16. The molecule has 0 bridgehead atoms. The van der Waals surface area contributed by atoms with Crippen LogP contribution in [0.2, 0.25) is 0 Å². The Labute approximate surface area is 267 Å². The van der Waals surface area contributed by atoms with E-state index in [-0.39, 0.29) is 37.3 Å². The van der Waals surface area contributed by atoms with Gasteiger partial charge < -0.3 is 58.0 Å². The lowest BCUT2D eigenvalue weighted by Crippen LogP contribution is -2.62. The number of methoxy groups -OCH3 is 2. The maximum absolute atomic E-state index is 13.5. The van der Waals surface area contributed by atoms with Crippen LogP contribution in [0.4, 0.5) is 0 Å². The van der Waals surface area contributed by atoms with Crippen molar-refractivity contribution in [1.29, 1.82) is 0 Å². The van der Waals surface area contributed by atoms with E-state index >= 15 is 0 Å². The summed E-state index contributed by atoms with van der Waals surface area (Å²) in [5.41, 5.74) is 2.00. The molecule has 0 spiro atoms. The van der Waals surface area contributed by atoms with Gasteiger partial charge in [0.05, 0.1) is 44.3 Å². The van der Waals surface area contributed by atoms with Crippen LogP contribution in [0.1, 0.15) is 39.9 Å². The molecule has 2 aromatic carbocycles. The number of fused-ring (bicyclic) bond motifs is 4. The van der Waals surface area contributed by atoms with Gasteiger partial charge in [0, 0.05) is 11.8 Å². The molecule has 0 radical (unpaired) electrons. The number of thiophene rings is 1. The largest absolute Gasteiger partial charge is 0.502 e. The summed E-state index contributed by atoms with van der Waals surface area (Å²) in [7, 11) is 2.86. The molecule has 1 aliphatic carbocycles. The molecule has 244 valence electrons. The maximum atomic E-state index is 13.5. The van der Waals surface area contributed by atoms with Crippen LogP contribution in [0.5, 0.6) is 28.7 Å². The van der Waals surface area contributed by atoms with Gasteiger partial charge in [-0.15, -0.1) is 11.3 Å². The van der Waals surface area contributed by atoms with Crippen molar-refractivity contribution in [3.05, 3.63) is 63.3 Å². The summed E-state index contributed by atoms with van der Waals surface area (Å²) in [6.45, 7) is 0.171. The first-order valence-electron chi connectivity index (χ1n) is 14.9. The molecule has 8 rings (SSSR count). The first-order valence-corrected chi connectivity index (χ1v) is 15.8. The molecule has 13 nitrogen and oxygen atoms in total. The average molecular weight is 657 g/mol. The quantitative estimate of drug-likeness (QED) is 0.333.